The molecule has 0 aliphatic heterocycles. The molecule has 5 heteroatoms. The molecule has 0 atom stereocenters. The summed E-state index contributed by atoms with van der Waals surface area (Å²) >= 11 is 0. The molecule has 0 amide bonds. The number of aromatic hydroxyl groups is 1. The summed E-state index contributed by atoms with van der Waals surface area (Å²) in [5.41, 5.74) is 15.0. The van der Waals surface area contributed by atoms with Gasteiger partial charge < -0.3 is 21.3 Å². The van der Waals surface area contributed by atoms with Gasteiger partial charge in [0.05, 0.1) is 6.61 Å². The highest BCUT2D eigenvalue weighted by Crippen LogP contribution is 2.25. The van der Waals surface area contributed by atoms with Crippen molar-refractivity contribution in [1.82, 2.24) is 0 Å². The minimum absolute atomic E-state index is 0.153. The highest BCUT2D eigenvalue weighted by atomic mass is 16.5. The molecular weight excluding hydrogens is 326 g/mol. The Hall–Kier alpha value is -3.05. The highest BCUT2D eigenvalue weighted by molar-refractivity contribution is 5.97. The van der Waals surface area contributed by atoms with Gasteiger partial charge in [0.25, 0.3) is 0 Å². The lowest BCUT2D eigenvalue weighted by Crippen LogP contribution is -2.18. The predicted octanol–water partition coefficient (Wildman–Crippen LogP) is 2.99. The second-order valence-electron chi connectivity index (χ2n) is 5.78. The first-order valence-corrected chi connectivity index (χ1v) is 8.37. The number of allylic oxidation sites excluding steroid dienone is 2. The molecule has 5 N–H and O–H groups in total. The summed E-state index contributed by atoms with van der Waals surface area (Å²) in [6.45, 7) is 4.96. The zero-order valence-corrected chi connectivity index (χ0v) is 15.0. The summed E-state index contributed by atoms with van der Waals surface area (Å²) < 4.78 is 5.83. The Balaban J connectivity index is 2.07. The average Bonchev–Trinajstić information content (AvgIpc) is 2.67. The van der Waals surface area contributed by atoms with Crippen LogP contribution in [0.3, 0.4) is 0 Å². The molecule has 0 spiro atoms. The average molecular weight is 351 g/mol. The number of nitrogens with zero attached hydrogens (tertiary/aromatic N) is 1. The van der Waals surface area contributed by atoms with Gasteiger partial charge in [0, 0.05) is 25.6 Å². The molecule has 2 aromatic carbocycles. The van der Waals surface area contributed by atoms with Gasteiger partial charge in [-0.15, -0.1) is 0 Å². The molecule has 0 saturated heterocycles. The largest absolute Gasteiger partial charge is 0.507 e. The van der Waals surface area contributed by atoms with Gasteiger partial charge in [-0.25, -0.2) is 0 Å². The monoisotopic (exact) mass is 351 g/mol. The summed E-state index contributed by atoms with van der Waals surface area (Å²) in [7, 11) is 1.60. The zero-order chi connectivity index (χ0) is 18.9. The Bertz CT molecular complexity index is 808. The second kappa shape index (κ2) is 9.44. The number of hydrogen-bond donors (Lipinski definition) is 3. The molecule has 0 unspecified atom stereocenters. The first-order chi connectivity index (χ1) is 12.5. The molecule has 0 aliphatic rings. The van der Waals surface area contributed by atoms with E-state index in [1.54, 1.807) is 31.3 Å². The number of rotatable bonds is 8. The fourth-order valence-corrected chi connectivity index (χ4v) is 2.40. The quantitative estimate of drug-likeness (QED) is 0.295. The van der Waals surface area contributed by atoms with Crippen LogP contribution < -0.4 is 11.5 Å². The molecule has 0 bridgehead atoms. The topological polar surface area (TPSA) is 93.9 Å². The van der Waals surface area contributed by atoms with Gasteiger partial charge in [0.15, 0.2) is 11.6 Å². The van der Waals surface area contributed by atoms with Crippen molar-refractivity contribution in [2.24, 2.45) is 16.5 Å². The number of phenolic OH excluding ortho intramolecular Hbond substituents is 1. The van der Waals surface area contributed by atoms with E-state index in [1.807, 2.05) is 30.3 Å². The molecule has 0 fully saturated rings. The molecule has 0 heterocycles. The van der Waals surface area contributed by atoms with E-state index in [9.17, 15) is 5.11 Å². The summed E-state index contributed by atoms with van der Waals surface area (Å²) in [5.74, 6) is 0.861. The number of benzene rings is 2. The lowest BCUT2D eigenvalue weighted by Gasteiger charge is -2.12. The van der Waals surface area contributed by atoms with E-state index in [-0.39, 0.29) is 11.6 Å². The van der Waals surface area contributed by atoms with E-state index >= 15 is 0 Å². The first kappa shape index (κ1) is 19.3. The van der Waals surface area contributed by atoms with Crippen LogP contribution in [0.15, 0.2) is 71.9 Å². The highest BCUT2D eigenvalue weighted by Gasteiger charge is 2.08. The van der Waals surface area contributed by atoms with Gasteiger partial charge in [-0.05, 0) is 28.8 Å². The zero-order valence-electron chi connectivity index (χ0n) is 15.0. The Morgan fingerprint density at radius 1 is 1.15 bits per heavy atom. The van der Waals surface area contributed by atoms with E-state index in [2.05, 4.69) is 11.6 Å². The van der Waals surface area contributed by atoms with Crippen molar-refractivity contribution >= 4 is 11.4 Å². The van der Waals surface area contributed by atoms with Crippen molar-refractivity contribution in [3.63, 3.8) is 0 Å². The predicted molar refractivity (Wildman–Crippen MR) is 107 cm³/mol. The van der Waals surface area contributed by atoms with Gasteiger partial charge in [-0.2, -0.15) is 0 Å². The number of amidine groups is 1. The third-order valence-corrected chi connectivity index (χ3v) is 3.96. The Labute approximate surface area is 154 Å². The normalized spacial score (nSPS) is 12.1. The van der Waals surface area contributed by atoms with Crippen molar-refractivity contribution in [2.75, 3.05) is 13.7 Å². The molecule has 5 nitrogen and oxygen atoms in total. The molecule has 26 heavy (non-hydrogen) atoms. The first-order valence-electron chi connectivity index (χ1n) is 8.37. The van der Waals surface area contributed by atoms with E-state index in [0.717, 1.165) is 17.5 Å². The maximum atomic E-state index is 9.96. The standard InChI is InChI=1S/C21H25N3O2/c1-15(18-5-3-4-6-19(18)25)13-20(21(23)24-2)26-12-11-16-7-9-17(14-22)10-8-16/h3-10,13,25H,1,11-12,14,22H2,2H3,(H2,23,24)/b20-13+. The Morgan fingerprint density at radius 2 is 1.81 bits per heavy atom. The second-order valence-corrected chi connectivity index (χ2v) is 5.78. The third kappa shape index (κ3) is 5.22. The minimum Gasteiger partial charge on any atom is -0.507 e. The van der Waals surface area contributed by atoms with E-state index in [4.69, 9.17) is 16.2 Å². The number of aliphatic imine (C=N–C) groups is 1. The maximum Gasteiger partial charge on any atom is 0.161 e. The van der Waals surface area contributed by atoms with Crippen LogP contribution in [0.1, 0.15) is 16.7 Å². The van der Waals surface area contributed by atoms with Gasteiger partial charge in [-0.1, -0.05) is 49.0 Å². The number of nitrogens with two attached hydrogens (primary N) is 2. The lowest BCUT2D eigenvalue weighted by atomic mass is 10.1. The molecule has 136 valence electrons. The summed E-state index contributed by atoms with van der Waals surface area (Å²) in [6, 6.07) is 15.1. The van der Waals surface area contributed by atoms with Crippen molar-refractivity contribution in [1.29, 1.82) is 0 Å². The van der Waals surface area contributed by atoms with E-state index in [1.165, 1.54) is 0 Å². The summed E-state index contributed by atoms with van der Waals surface area (Å²) in [4.78, 5) is 3.99. The molecule has 0 saturated carbocycles. The molecule has 0 aromatic heterocycles. The van der Waals surface area contributed by atoms with Crippen LogP contribution >= 0.6 is 0 Å². The van der Waals surface area contributed by atoms with Gasteiger partial charge >= 0.3 is 0 Å². The van der Waals surface area contributed by atoms with Crippen LogP contribution in [0.25, 0.3) is 5.57 Å². The van der Waals surface area contributed by atoms with Crippen LogP contribution in [-0.2, 0) is 17.7 Å². The fourth-order valence-electron chi connectivity index (χ4n) is 2.40. The van der Waals surface area contributed by atoms with Crippen molar-refractivity contribution in [2.45, 2.75) is 13.0 Å². The summed E-state index contributed by atoms with van der Waals surface area (Å²) in [5, 5.41) is 9.96. The van der Waals surface area contributed by atoms with Crippen molar-refractivity contribution in [3.05, 3.63) is 83.6 Å². The van der Waals surface area contributed by atoms with Gasteiger partial charge in [0.1, 0.15) is 5.75 Å². The summed E-state index contributed by atoms with van der Waals surface area (Å²) in [6.07, 6.45) is 2.41. The van der Waals surface area contributed by atoms with Crippen molar-refractivity contribution < 1.29 is 9.84 Å². The number of para-hydroxylation sites is 1. The van der Waals surface area contributed by atoms with E-state index in [0.29, 0.717) is 30.0 Å². The van der Waals surface area contributed by atoms with E-state index < -0.39 is 0 Å². The number of hydrogen-bond acceptors (Lipinski definition) is 4. The lowest BCUT2D eigenvalue weighted by molar-refractivity contribution is 0.234. The van der Waals surface area contributed by atoms with Crippen LogP contribution in [0.4, 0.5) is 0 Å². The molecule has 2 aromatic rings. The van der Waals surface area contributed by atoms with Crippen LogP contribution in [0.2, 0.25) is 0 Å². The van der Waals surface area contributed by atoms with Crippen molar-refractivity contribution in [3.8, 4) is 5.75 Å². The van der Waals surface area contributed by atoms with Crippen LogP contribution in [-0.4, -0.2) is 24.6 Å². The molecule has 2 rings (SSSR count). The maximum absolute atomic E-state index is 9.96. The smallest absolute Gasteiger partial charge is 0.161 e. The third-order valence-electron chi connectivity index (χ3n) is 3.96. The van der Waals surface area contributed by atoms with Gasteiger partial charge in [-0.3, -0.25) is 4.99 Å². The van der Waals surface area contributed by atoms with Crippen LogP contribution in [0.5, 0.6) is 5.75 Å². The number of ether oxygens (including phenoxy) is 1. The van der Waals surface area contributed by atoms with Gasteiger partial charge in [0.2, 0.25) is 0 Å². The Kier molecular flexibility index (Phi) is 7.00. The van der Waals surface area contributed by atoms with Crippen LogP contribution in [0, 0.1) is 0 Å². The Morgan fingerprint density at radius 3 is 2.42 bits per heavy atom. The molecule has 0 aliphatic carbocycles. The minimum atomic E-state index is 0.153. The SMILES string of the molecule is C=C(/C=C(/OCCc1ccc(CN)cc1)C(N)=NC)c1ccccc1O. The number of phenols is 1. The molecular formula is C21H25N3O2. The molecule has 0 radical (unpaired) electrons. The fraction of sp³-hybridized carbons (Fsp3) is 0.190.